The Morgan fingerprint density at radius 1 is 1.27 bits per heavy atom. The van der Waals surface area contributed by atoms with Crippen molar-refractivity contribution >= 4 is 0 Å². The van der Waals surface area contributed by atoms with E-state index < -0.39 is 25.0 Å². The highest BCUT2D eigenvalue weighted by molar-refractivity contribution is 4.63. The fraction of sp³-hybridized carbons (Fsp3) is 1.00. The highest BCUT2D eigenvalue weighted by Gasteiger charge is 2.27. The lowest BCUT2D eigenvalue weighted by molar-refractivity contribution is -0.137. The second kappa shape index (κ2) is 5.67. The minimum absolute atomic E-state index is 0.0581. The van der Waals surface area contributed by atoms with E-state index in [0.717, 1.165) is 0 Å². The fourth-order valence-electron chi connectivity index (χ4n) is 1.42. The first-order valence-corrected chi connectivity index (χ1v) is 4.95. The van der Waals surface area contributed by atoms with Gasteiger partial charge in [-0.1, -0.05) is 0 Å². The number of aliphatic hydroxyl groups is 1. The molecule has 0 aromatic heterocycles. The van der Waals surface area contributed by atoms with Gasteiger partial charge in [-0.2, -0.15) is 13.2 Å². The number of hydrogen-bond donors (Lipinski definition) is 1. The molecule has 15 heavy (non-hydrogen) atoms. The van der Waals surface area contributed by atoms with Gasteiger partial charge in [0.15, 0.2) is 6.29 Å². The largest absolute Gasteiger partial charge is 0.393 e. The molecule has 1 unspecified atom stereocenters. The molecule has 6 heteroatoms. The summed E-state index contributed by atoms with van der Waals surface area (Å²) in [5.74, 6) is 0. The highest BCUT2D eigenvalue weighted by Crippen LogP contribution is 2.23. The van der Waals surface area contributed by atoms with E-state index in [1.54, 1.807) is 0 Å². The van der Waals surface area contributed by atoms with Gasteiger partial charge in [-0.3, -0.25) is 0 Å². The standard InChI is InChI=1S/C9H15F3O3/c10-9(11,12)3-1-2-7(13)6-8-14-4-5-15-8/h7-8,13H,1-6H2. The first-order valence-electron chi connectivity index (χ1n) is 4.95. The monoisotopic (exact) mass is 228 g/mol. The van der Waals surface area contributed by atoms with E-state index in [1.807, 2.05) is 0 Å². The van der Waals surface area contributed by atoms with Crippen LogP contribution >= 0.6 is 0 Å². The number of halogens is 3. The molecule has 1 N–H and O–H groups in total. The van der Waals surface area contributed by atoms with Crippen LogP contribution in [0.4, 0.5) is 13.2 Å². The van der Waals surface area contributed by atoms with Gasteiger partial charge in [0.1, 0.15) is 0 Å². The van der Waals surface area contributed by atoms with Crippen molar-refractivity contribution in [3.05, 3.63) is 0 Å². The van der Waals surface area contributed by atoms with E-state index >= 15 is 0 Å². The van der Waals surface area contributed by atoms with Gasteiger partial charge in [0, 0.05) is 12.8 Å². The van der Waals surface area contributed by atoms with Crippen molar-refractivity contribution in [1.82, 2.24) is 0 Å². The zero-order valence-electron chi connectivity index (χ0n) is 8.29. The van der Waals surface area contributed by atoms with Crippen LogP contribution in [0.15, 0.2) is 0 Å². The van der Waals surface area contributed by atoms with Gasteiger partial charge < -0.3 is 14.6 Å². The minimum atomic E-state index is -4.14. The summed E-state index contributed by atoms with van der Waals surface area (Å²) in [5, 5.41) is 9.38. The molecule has 1 atom stereocenters. The number of aliphatic hydroxyl groups excluding tert-OH is 1. The van der Waals surface area contributed by atoms with Gasteiger partial charge in [0.25, 0.3) is 0 Å². The predicted molar refractivity (Wildman–Crippen MR) is 46.2 cm³/mol. The molecule has 1 heterocycles. The molecular formula is C9H15F3O3. The van der Waals surface area contributed by atoms with Crippen LogP contribution in [0, 0.1) is 0 Å². The lowest BCUT2D eigenvalue weighted by Gasteiger charge is -2.14. The maximum atomic E-state index is 11.8. The van der Waals surface area contributed by atoms with Crippen molar-refractivity contribution < 1.29 is 27.8 Å². The topological polar surface area (TPSA) is 38.7 Å². The Balaban J connectivity index is 2.05. The first-order chi connectivity index (χ1) is 6.97. The van der Waals surface area contributed by atoms with E-state index in [4.69, 9.17) is 9.47 Å². The SMILES string of the molecule is OC(CCCC(F)(F)F)CC1OCCO1. The maximum absolute atomic E-state index is 11.8. The Morgan fingerprint density at radius 2 is 1.87 bits per heavy atom. The van der Waals surface area contributed by atoms with Crippen molar-refractivity contribution in [2.45, 2.75) is 44.3 Å². The third kappa shape index (κ3) is 5.96. The Bertz CT molecular complexity index is 178. The van der Waals surface area contributed by atoms with Gasteiger partial charge in [0.05, 0.1) is 19.3 Å². The molecule has 90 valence electrons. The van der Waals surface area contributed by atoms with Crippen molar-refractivity contribution in [3.63, 3.8) is 0 Å². The summed E-state index contributed by atoms with van der Waals surface area (Å²) in [5.41, 5.74) is 0. The summed E-state index contributed by atoms with van der Waals surface area (Å²) in [7, 11) is 0. The van der Waals surface area contributed by atoms with Crippen molar-refractivity contribution in [1.29, 1.82) is 0 Å². The molecule has 0 aromatic rings. The Kier molecular flexibility index (Phi) is 4.82. The molecule has 0 saturated carbocycles. The maximum Gasteiger partial charge on any atom is 0.389 e. The Labute approximate surface area is 86.2 Å². The number of hydrogen-bond acceptors (Lipinski definition) is 3. The summed E-state index contributed by atoms with van der Waals surface area (Å²) in [4.78, 5) is 0. The van der Waals surface area contributed by atoms with Crippen LogP contribution in [-0.4, -0.2) is 36.9 Å². The molecule has 1 rings (SSSR count). The Hall–Kier alpha value is -0.330. The smallest absolute Gasteiger partial charge is 0.389 e. The molecular weight excluding hydrogens is 213 g/mol. The van der Waals surface area contributed by atoms with Crippen LogP contribution in [0.1, 0.15) is 25.7 Å². The fourth-order valence-corrected chi connectivity index (χ4v) is 1.42. The molecule has 1 saturated heterocycles. The lowest BCUT2D eigenvalue weighted by Crippen LogP contribution is -2.19. The molecule has 0 radical (unpaired) electrons. The zero-order valence-corrected chi connectivity index (χ0v) is 8.29. The Morgan fingerprint density at radius 3 is 2.40 bits per heavy atom. The van der Waals surface area contributed by atoms with E-state index in [2.05, 4.69) is 0 Å². The highest BCUT2D eigenvalue weighted by atomic mass is 19.4. The average molecular weight is 228 g/mol. The van der Waals surface area contributed by atoms with E-state index in [-0.39, 0.29) is 19.3 Å². The number of rotatable bonds is 5. The molecule has 0 aromatic carbocycles. The summed E-state index contributed by atoms with van der Waals surface area (Å²) < 4.78 is 45.5. The summed E-state index contributed by atoms with van der Waals surface area (Å²) in [6.45, 7) is 0.972. The molecule has 0 amide bonds. The van der Waals surface area contributed by atoms with Crippen LogP contribution in [-0.2, 0) is 9.47 Å². The normalized spacial score (nSPS) is 20.8. The van der Waals surface area contributed by atoms with Gasteiger partial charge in [-0.05, 0) is 12.8 Å². The summed E-state index contributed by atoms with van der Waals surface area (Å²) >= 11 is 0. The summed E-state index contributed by atoms with van der Waals surface area (Å²) in [6, 6.07) is 0. The molecule has 0 aliphatic carbocycles. The number of ether oxygens (including phenoxy) is 2. The number of alkyl halides is 3. The van der Waals surface area contributed by atoms with Crippen LogP contribution in [0.3, 0.4) is 0 Å². The van der Waals surface area contributed by atoms with Crippen molar-refractivity contribution in [2.75, 3.05) is 13.2 Å². The van der Waals surface area contributed by atoms with Crippen LogP contribution in [0.5, 0.6) is 0 Å². The third-order valence-electron chi connectivity index (χ3n) is 2.15. The van der Waals surface area contributed by atoms with Crippen LogP contribution < -0.4 is 0 Å². The van der Waals surface area contributed by atoms with E-state index in [0.29, 0.717) is 13.2 Å². The van der Waals surface area contributed by atoms with Gasteiger partial charge in [-0.15, -0.1) is 0 Å². The second-order valence-electron chi connectivity index (χ2n) is 3.57. The van der Waals surface area contributed by atoms with Gasteiger partial charge in [0.2, 0.25) is 0 Å². The minimum Gasteiger partial charge on any atom is -0.393 e. The molecule has 1 aliphatic rings. The van der Waals surface area contributed by atoms with Crippen LogP contribution in [0.2, 0.25) is 0 Å². The second-order valence-corrected chi connectivity index (χ2v) is 3.57. The van der Waals surface area contributed by atoms with E-state index in [9.17, 15) is 18.3 Å². The zero-order chi connectivity index (χ0) is 11.3. The third-order valence-corrected chi connectivity index (χ3v) is 2.15. The van der Waals surface area contributed by atoms with Gasteiger partial charge >= 0.3 is 6.18 Å². The predicted octanol–water partition coefficient (Wildman–Crippen LogP) is 1.84. The molecule has 0 bridgehead atoms. The molecule has 3 nitrogen and oxygen atoms in total. The average Bonchev–Trinajstić information content (AvgIpc) is 2.54. The van der Waals surface area contributed by atoms with Crippen LogP contribution in [0.25, 0.3) is 0 Å². The lowest BCUT2D eigenvalue weighted by atomic mass is 10.1. The quantitative estimate of drug-likeness (QED) is 0.780. The first kappa shape index (κ1) is 12.7. The van der Waals surface area contributed by atoms with Crippen molar-refractivity contribution in [2.24, 2.45) is 0 Å². The molecule has 1 aliphatic heterocycles. The van der Waals surface area contributed by atoms with E-state index in [1.165, 1.54) is 0 Å². The molecule has 0 spiro atoms. The molecule has 1 fully saturated rings. The van der Waals surface area contributed by atoms with Crippen molar-refractivity contribution in [3.8, 4) is 0 Å². The summed E-state index contributed by atoms with van der Waals surface area (Å²) in [6.07, 6.45) is -5.91. The van der Waals surface area contributed by atoms with Gasteiger partial charge in [-0.25, -0.2) is 0 Å².